The van der Waals surface area contributed by atoms with E-state index in [1.54, 1.807) is 0 Å². The molecule has 2 heteroatoms. The van der Waals surface area contributed by atoms with Crippen molar-refractivity contribution in [3.8, 4) is 0 Å². The van der Waals surface area contributed by atoms with Gasteiger partial charge in [0.2, 0.25) is 0 Å². The minimum absolute atomic E-state index is 0.253. The quantitative estimate of drug-likeness (QED) is 0.793. The summed E-state index contributed by atoms with van der Waals surface area (Å²) in [6.07, 6.45) is 4.14. The molecule has 0 heterocycles. The van der Waals surface area contributed by atoms with Crippen LogP contribution in [0.2, 0.25) is 0 Å². The molecule has 1 aliphatic carbocycles. The van der Waals surface area contributed by atoms with Crippen molar-refractivity contribution in [2.24, 2.45) is 11.8 Å². The summed E-state index contributed by atoms with van der Waals surface area (Å²) in [5.74, 6) is 1.76. The highest BCUT2D eigenvalue weighted by Crippen LogP contribution is 2.28. The third-order valence-corrected chi connectivity index (χ3v) is 4.44. The standard InChI is InChI=1S/C14H30N2/c1-11-7-8-13(12(2)9-11)15-10-14(3,4)16(5)6/h11-13,15H,7-10H2,1-6H3. The van der Waals surface area contributed by atoms with Crippen molar-refractivity contribution in [2.45, 2.75) is 58.5 Å². The van der Waals surface area contributed by atoms with Crippen molar-refractivity contribution in [1.82, 2.24) is 10.2 Å². The molecule has 0 spiro atoms. The Morgan fingerprint density at radius 3 is 2.31 bits per heavy atom. The van der Waals surface area contributed by atoms with E-state index in [0.717, 1.165) is 24.4 Å². The predicted octanol–water partition coefficient (Wildman–Crippen LogP) is 2.74. The topological polar surface area (TPSA) is 15.3 Å². The summed E-state index contributed by atoms with van der Waals surface area (Å²) in [6, 6.07) is 0.732. The maximum atomic E-state index is 3.77. The molecule has 0 radical (unpaired) electrons. The van der Waals surface area contributed by atoms with E-state index in [9.17, 15) is 0 Å². The Kier molecular flexibility index (Phi) is 4.81. The summed E-state index contributed by atoms with van der Waals surface area (Å²) in [4.78, 5) is 2.30. The number of hydrogen-bond donors (Lipinski definition) is 1. The van der Waals surface area contributed by atoms with E-state index in [-0.39, 0.29) is 5.54 Å². The molecule has 0 amide bonds. The third kappa shape index (κ3) is 3.74. The van der Waals surface area contributed by atoms with Crippen LogP contribution in [0.25, 0.3) is 0 Å². The number of nitrogens with zero attached hydrogens (tertiary/aromatic N) is 1. The zero-order valence-electron chi connectivity index (χ0n) is 12.0. The van der Waals surface area contributed by atoms with Crippen molar-refractivity contribution in [3.05, 3.63) is 0 Å². The second-order valence-electron chi connectivity index (χ2n) is 6.59. The summed E-state index contributed by atoms with van der Waals surface area (Å²) in [5, 5.41) is 3.77. The van der Waals surface area contributed by atoms with Gasteiger partial charge in [-0.05, 0) is 59.0 Å². The van der Waals surface area contributed by atoms with Gasteiger partial charge in [-0.1, -0.05) is 13.8 Å². The molecule has 2 nitrogen and oxygen atoms in total. The first kappa shape index (κ1) is 14.0. The first-order valence-electron chi connectivity index (χ1n) is 6.73. The molecule has 1 saturated carbocycles. The fourth-order valence-corrected chi connectivity index (χ4v) is 2.51. The zero-order chi connectivity index (χ0) is 12.3. The predicted molar refractivity (Wildman–Crippen MR) is 71.7 cm³/mol. The van der Waals surface area contributed by atoms with Crippen LogP contribution in [-0.4, -0.2) is 37.1 Å². The summed E-state index contributed by atoms with van der Waals surface area (Å²) in [6.45, 7) is 10.5. The van der Waals surface area contributed by atoms with Crippen molar-refractivity contribution in [3.63, 3.8) is 0 Å². The van der Waals surface area contributed by atoms with Gasteiger partial charge in [0.05, 0.1) is 0 Å². The normalized spacial score (nSPS) is 32.1. The lowest BCUT2D eigenvalue weighted by molar-refractivity contribution is 0.159. The highest BCUT2D eigenvalue weighted by atomic mass is 15.2. The van der Waals surface area contributed by atoms with Gasteiger partial charge >= 0.3 is 0 Å². The average molecular weight is 226 g/mol. The van der Waals surface area contributed by atoms with Crippen LogP contribution >= 0.6 is 0 Å². The van der Waals surface area contributed by atoms with Gasteiger partial charge in [0.25, 0.3) is 0 Å². The van der Waals surface area contributed by atoms with Crippen molar-refractivity contribution >= 4 is 0 Å². The molecule has 0 bridgehead atoms. The lowest BCUT2D eigenvalue weighted by Crippen LogP contribution is -2.51. The van der Waals surface area contributed by atoms with Crippen LogP contribution < -0.4 is 5.32 Å². The van der Waals surface area contributed by atoms with Gasteiger partial charge in [-0.3, -0.25) is 0 Å². The molecule has 0 saturated heterocycles. The van der Waals surface area contributed by atoms with Crippen LogP contribution in [0.1, 0.15) is 47.0 Å². The van der Waals surface area contributed by atoms with Gasteiger partial charge in [0.15, 0.2) is 0 Å². The zero-order valence-corrected chi connectivity index (χ0v) is 12.0. The van der Waals surface area contributed by atoms with E-state index in [1.165, 1.54) is 19.3 Å². The summed E-state index contributed by atoms with van der Waals surface area (Å²) >= 11 is 0. The van der Waals surface area contributed by atoms with E-state index < -0.39 is 0 Å². The van der Waals surface area contributed by atoms with E-state index in [4.69, 9.17) is 0 Å². The molecule has 3 unspecified atom stereocenters. The molecule has 0 aromatic rings. The Bertz CT molecular complexity index is 211. The second kappa shape index (κ2) is 5.50. The largest absolute Gasteiger partial charge is 0.312 e. The first-order valence-corrected chi connectivity index (χ1v) is 6.73. The van der Waals surface area contributed by atoms with E-state index >= 15 is 0 Å². The molecule has 1 N–H and O–H groups in total. The molecule has 16 heavy (non-hydrogen) atoms. The molecule has 1 rings (SSSR count). The Morgan fingerprint density at radius 1 is 1.19 bits per heavy atom. The average Bonchev–Trinajstić information content (AvgIpc) is 2.16. The minimum atomic E-state index is 0.253. The lowest BCUT2D eigenvalue weighted by Gasteiger charge is -2.38. The second-order valence-corrected chi connectivity index (χ2v) is 6.59. The van der Waals surface area contributed by atoms with Crippen LogP contribution in [-0.2, 0) is 0 Å². The molecule has 0 aliphatic heterocycles. The van der Waals surface area contributed by atoms with E-state index in [1.807, 2.05) is 0 Å². The Balaban J connectivity index is 2.38. The van der Waals surface area contributed by atoms with Crippen molar-refractivity contribution < 1.29 is 0 Å². The smallest absolute Gasteiger partial charge is 0.0271 e. The van der Waals surface area contributed by atoms with Gasteiger partial charge in [0, 0.05) is 18.1 Å². The monoisotopic (exact) mass is 226 g/mol. The summed E-state index contributed by atoms with van der Waals surface area (Å²) in [5.41, 5.74) is 0.253. The maximum Gasteiger partial charge on any atom is 0.0271 e. The number of likely N-dealkylation sites (N-methyl/N-ethyl adjacent to an activating group) is 1. The molecule has 3 atom stereocenters. The van der Waals surface area contributed by atoms with Gasteiger partial charge in [-0.25, -0.2) is 0 Å². The van der Waals surface area contributed by atoms with Gasteiger partial charge in [0.1, 0.15) is 0 Å². The van der Waals surface area contributed by atoms with Crippen LogP contribution in [0.3, 0.4) is 0 Å². The van der Waals surface area contributed by atoms with Gasteiger partial charge < -0.3 is 10.2 Å². The van der Waals surface area contributed by atoms with Gasteiger partial charge in [-0.15, -0.1) is 0 Å². The Labute approximate surface area is 102 Å². The highest BCUT2D eigenvalue weighted by molar-refractivity contribution is 4.86. The Hall–Kier alpha value is -0.0800. The molecular formula is C14H30N2. The Morgan fingerprint density at radius 2 is 1.81 bits per heavy atom. The lowest BCUT2D eigenvalue weighted by atomic mass is 9.79. The van der Waals surface area contributed by atoms with Crippen LogP contribution in [0.15, 0.2) is 0 Å². The van der Waals surface area contributed by atoms with Gasteiger partial charge in [-0.2, -0.15) is 0 Å². The molecule has 0 aromatic heterocycles. The fourth-order valence-electron chi connectivity index (χ4n) is 2.51. The van der Waals surface area contributed by atoms with Crippen molar-refractivity contribution in [2.75, 3.05) is 20.6 Å². The third-order valence-electron chi connectivity index (χ3n) is 4.44. The van der Waals surface area contributed by atoms with Crippen LogP contribution in [0.4, 0.5) is 0 Å². The first-order chi connectivity index (χ1) is 7.33. The molecular weight excluding hydrogens is 196 g/mol. The van der Waals surface area contributed by atoms with E-state index in [2.05, 4.69) is 52.0 Å². The number of nitrogens with one attached hydrogen (secondary N) is 1. The SMILES string of the molecule is CC1CCC(NCC(C)(C)N(C)C)C(C)C1. The van der Waals surface area contributed by atoms with Crippen LogP contribution in [0.5, 0.6) is 0 Å². The van der Waals surface area contributed by atoms with Crippen molar-refractivity contribution in [1.29, 1.82) is 0 Å². The number of rotatable bonds is 4. The summed E-state index contributed by atoms with van der Waals surface area (Å²) in [7, 11) is 4.32. The molecule has 96 valence electrons. The van der Waals surface area contributed by atoms with Crippen LogP contribution in [0, 0.1) is 11.8 Å². The fraction of sp³-hybridized carbons (Fsp3) is 1.00. The highest BCUT2D eigenvalue weighted by Gasteiger charge is 2.27. The van der Waals surface area contributed by atoms with E-state index in [0.29, 0.717) is 0 Å². The maximum absolute atomic E-state index is 3.77. The number of hydrogen-bond acceptors (Lipinski definition) is 2. The minimum Gasteiger partial charge on any atom is -0.312 e. The molecule has 0 aromatic carbocycles. The molecule has 1 fully saturated rings. The summed E-state index contributed by atoms with van der Waals surface area (Å²) < 4.78 is 0. The molecule has 1 aliphatic rings.